The molecule has 1 aromatic carbocycles. The summed E-state index contributed by atoms with van der Waals surface area (Å²) in [6, 6.07) is 7.24. The summed E-state index contributed by atoms with van der Waals surface area (Å²) >= 11 is 3.32. The van der Waals surface area contributed by atoms with Crippen LogP contribution >= 0.6 is 15.9 Å². The number of carbonyl (C=O) groups is 1. The molecule has 2 rings (SSSR count). The van der Waals surface area contributed by atoms with Crippen molar-refractivity contribution in [2.75, 3.05) is 5.32 Å². The molecule has 0 aliphatic carbocycles. The molecule has 0 unspecified atom stereocenters. The van der Waals surface area contributed by atoms with Crippen LogP contribution in [0, 0.1) is 13.8 Å². The highest BCUT2D eigenvalue weighted by Crippen LogP contribution is 2.14. The number of benzene rings is 1. The number of aryl methyl sites for hydroxylation is 2. The van der Waals surface area contributed by atoms with Crippen LogP contribution < -0.4 is 10.9 Å². The van der Waals surface area contributed by atoms with Gasteiger partial charge in [-0.05, 0) is 38.1 Å². The van der Waals surface area contributed by atoms with E-state index in [1.807, 2.05) is 12.1 Å². The molecule has 2 aromatic rings. The average molecular weight is 336 g/mol. The molecule has 1 heterocycles. The number of anilines is 1. The molecule has 5 nitrogen and oxygen atoms in total. The first kappa shape index (κ1) is 14.5. The van der Waals surface area contributed by atoms with E-state index in [0.717, 1.165) is 4.47 Å². The zero-order chi connectivity index (χ0) is 14.7. The summed E-state index contributed by atoms with van der Waals surface area (Å²) in [5, 5.41) is 2.75. The van der Waals surface area contributed by atoms with Gasteiger partial charge in [0.2, 0.25) is 5.91 Å². The molecule has 1 aromatic heterocycles. The van der Waals surface area contributed by atoms with Crippen LogP contribution in [0.4, 0.5) is 5.69 Å². The van der Waals surface area contributed by atoms with Crippen molar-refractivity contribution in [2.45, 2.75) is 20.3 Å². The molecule has 0 saturated heterocycles. The van der Waals surface area contributed by atoms with Gasteiger partial charge < -0.3 is 10.3 Å². The van der Waals surface area contributed by atoms with E-state index in [9.17, 15) is 9.59 Å². The van der Waals surface area contributed by atoms with Crippen molar-refractivity contribution in [1.29, 1.82) is 0 Å². The van der Waals surface area contributed by atoms with Crippen molar-refractivity contribution in [3.8, 4) is 0 Å². The first-order valence-electron chi connectivity index (χ1n) is 6.07. The Hall–Kier alpha value is -1.95. The van der Waals surface area contributed by atoms with Crippen LogP contribution in [0.1, 0.15) is 17.1 Å². The Bertz CT molecular complexity index is 693. The fourth-order valence-electron chi connectivity index (χ4n) is 1.86. The Balaban J connectivity index is 2.12. The van der Waals surface area contributed by atoms with Crippen LogP contribution in [0.5, 0.6) is 0 Å². The van der Waals surface area contributed by atoms with Crippen molar-refractivity contribution in [3.05, 3.63) is 56.2 Å². The van der Waals surface area contributed by atoms with Crippen LogP contribution in [0.2, 0.25) is 0 Å². The van der Waals surface area contributed by atoms with E-state index in [1.165, 1.54) is 0 Å². The highest BCUT2D eigenvalue weighted by molar-refractivity contribution is 9.10. The molecule has 0 radical (unpaired) electrons. The largest absolute Gasteiger partial charge is 0.326 e. The van der Waals surface area contributed by atoms with Crippen molar-refractivity contribution in [2.24, 2.45) is 0 Å². The number of carbonyl (C=O) groups excluding carboxylic acids is 1. The summed E-state index contributed by atoms with van der Waals surface area (Å²) in [5.74, 6) is 0.302. The number of H-pyrrole nitrogens is 1. The van der Waals surface area contributed by atoms with Gasteiger partial charge in [0.25, 0.3) is 5.56 Å². The van der Waals surface area contributed by atoms with E-state index in [2.05, 4.69) is 31.2 Å². The zero-order valence-electron chi connectivity index (χ0n) is 11.2. The summed E-state index contributed by atoms with van der Waals surface area (Å²) in [5.41, 5.74) is 1.40. The maximum atomic E-state index is 12.0. The van der Waals surface area contributed by atoms with Crippen LogP contribution in [0.25, 0.3) is 0 Å². The monoisotopic (exact) mass is 335 g/mol. The third kappa shape index (κ3) is 3.54. The van der Waals surface area contributed by atoms with Gasteiger partial charge in [0.15, 0.2) is 0 Å². The molecular formula is C14H14BrN3O2. The van der Waals surface area contributed by atoms with Crippen LogP contribution in [-0.4, -0.2) is 15.9 Å². The zero-order valence-corrected chi connectivity index (χ0v) is 12.7. The number of aromatic nitrogens is 2. The van der Waals surface area contributed by atoms with E-state index in [1.54, 1.807) is 26.0 Å². The minimum absolute atomic E-state index is 0.00447. The summed E-state index contributed by atoms with van der Waals surface area (Å²) in [6.07, 6.45) is 0.00447. The lowest BCUT2D eigenvalue weighted by Crippen LogP contribution is -2.24. The fourth-order valence-corrected chi connectivity index (χ4v) is 2.12. The van der Waals surface area contributed by atoms with Crippen molar-refractivity contribution >= 4 is 27.5 Å². The highest BCUT2D eigenvalue weighted by atomic mass is 79.9. The average Bonchev–Trinajstić information content (AvgIpc) is 2.36. The second-order valence-electron chi connectivity index (χ2n) is 4.45. The molecule has 0 aliphatic heterocycles. The molecule has 0 saturated carbocycles. The van der Waals surface area contributed by atoms with Crippen LogP contribution in [-0.2, 0) is 11.2 Å². The number of nitrogens with zero attached hydrogens (tertiary/aromatic N) is 1. The quantitative estimate of drug-likeness (QED) is 0.903. The second-order valence-corrected chi connectivity index (χ2v) is 5.36. The van der Waals surface area contributed by atoms with Gasteiger partial charge in [-0.2, -0.15) is 0 Å². The number of hydrogen-bond acceptors (Lipinski definition) is 3. The van der Waals surface area contributed by atoms with E-state index in [-0.39, 0.29) is 17.9 Å². The van der Waals surface area contributed by atoms with Gasteiger partial charge in [-0.25, -0.2) is 4.98 Å². The maximum Gasteiger partial charge on any atom is 0.254 e. The molecule has 2 N–H and O–H groups in total. The Kier molecular flexibility index (Phi) is 4.34. The maximum absolute atomic E-state index is 12.0. The number of hydrogen-bond donors (Lipinski definition) is 2. The number of nitrogens with one attached hydrogen (secondary N) is 2. The molecule has 0 spiro atoms. The highest BCUT2D eigenvalue weighted by Gasteiger charge is 2.11. The SMILES string of the molecule is Cc1nc(C)c(CC(=O)Nc2ccc(Br)cc2)c(=O)[nH]1. The standard InChI is InChI=1S/C14H14BrN3O2/c1-8-12(14(20)17-9(2)16-8)7-13(19)18-11-5-3-10(15)4-6-11/h3-6H,7H2,1-2H3,(H,18,19)(H,16,17,20). The summed E-state index contributed by atoms with van der Waals surface area (Å²) in [6.45, 7) is 3.44. The molecule has 0 aliphatic rings. The first-order chi connectivity index (χ1) is 9.45. The lowest BCUT2D eigenvalue weighted by Gasteiger charge is -2.07. The molecule has 0 fully saturated rings. The first-order valence-corrected chi connectivity index (χ1v) is 6.87. The van der Waals surface area contributed by atoms with Crippen molar-refractivity contribution in [3.63, 3.8) is 0 Å². The molecule has 1 amide bonds. The Morgan fingerprint density at radius 2 is 1.95 bits per heavy atom. The Morgan fingerprint density at radius 1 is 1.30 bits per heavy atom. The van der Waals surface area contributed by atoms with Crippen molar-refractivity contribution in [1.82, 2.24) is 9.97 Å². The minimum Gasteiger partial charge on any atom is -0.326 e. The summed E-state index contributed by atoms with van der Waals surface area (Å²) < 4.78 is 0.936. The Morgan fingerprint density at radius 3 is 2.55 bits per heavy atom. The lowest BCUT2D eigenvalue weighted by molar-refractivity contribution is -0.115. The van der Waals surface area contributed by atoms with Crippen molar-refractivity contribution < 1.29 is 4.79 Å². The topological polar surface area (TPSA) is 74.8 Å². The molecule has 104 valence electrons. The molecule has 20 heavy (non-hydrogen) atoms. The lowest BCUT2D eigenvalue weighted by atomic mass is 10.1. The third-order valence-electron chi connectivity index (χ3n) is 2.81. The number of rotatable bonds is 3. The molecular weight excluding hydrogens is 322 g/mol. The third-order valence-corrected chi connectivity index (χ3v) is 3.33. The predicted octanol–water partition coefficient (Wildman–Crippen LogP) is 2.33. The second kappa shape index (κ2) is 6.00. The van der Waals surface area contributed by atoms with Gasteiger partial charge in [-0.3, -0.25) is 9.59 Å². The smallest absolute Gasteiger partial charge is 0.254 e. The minimum atomic E-state index is -0.263. The normalized spacial score (nSPS) is 10.3. The van der Waals surface area contributed by atoms with Crippen LogP contribution in [0.15, 0.2) is 33.5 Å². The summed E-state index contributed by atoms with van der Waals surface area (Å²) in [7, 11) is 0. The van der Waals surface area contributed by atoms with E-state index >= 15 is 0 Å². The van der Waals surface area contributed by atoms with Gasteiger partial charge in [-0.15, -0.1) is 0 Å². The van der Waals surface area contributed by atoms with E-state index in [4.69, 9.17) is 0 Å². The van der Waals surface area contributed by atoms with Gasteiger partial charge in [0, 0.05) is 21.4 Å². The molecule has 0 atom stereocenters. The Labute approximate surface area is 124 Å². The fraction of sp³-hybridized carbons (Fsp3) is 0.214. The molecule has 6 heteroatoms. The molecule has 0 bridgehead atoms. The predicted molar refractivity (Wildman–Crippen MR) is 80.8 cm³/mol. The van der Waals surface area contributed by atoms with Gasteiger partial charge >= 0.3 is 0 Å². The van der Waals surface area contributed by atoms with Gasteiger partial charge in [0.1, 0.15) is 5.82 Å². The number of halogens is 1. The number of aromatic amines is 1. The van der Waals surface area contributed by atoms with Gasteiger partial charge in [0.05, 0.1) is 6.42 Å². The summed E-state index contributed by atoms with van der Waals surface area (Å²) in [4.78, 5) is 30.5. The van der Waals surface area contributed by atoms with E-state index in [0.29, 0.717) is 22.8 Å². The van der Waals surface area contributed by atoms with Gasteiger partial charge in [-0.1, -0.05) is 15.9 Å². The van der Waals surface area contributed by atoms with E-state index < -0.39 is 0 Å². The van der Waals surface area contributed by atoms with Crippen LogP contribution in [0.3, 0.4) is 0 Å². The number of amides is 1.